The summed E-state index contributed by atoms with van der Waals surface area (Å²) in [6, 6.07) is 7.44. The molecule has 0 N–H and O–H groups in total. The highest BCUT2D eigenvalue weighted by Crippen LogP contribution is 2.22. The van der Waals surface area contributed by atoms with E-state index in [-0.39, 0.29) is 32.7 Å². The first-order chi connectivity index (χ1) is 13.9. The number of imide groups is 2. The van der Waals surface area contributed by atoms with Crippen molar-refractivity contribution in [3.05, 3.63) is 35.9 Å². The van der Waals surface area contributed by atoms with Crippen LogP contribution in [0.3, 0.4) is 0 Å². The summed E-state index contributed by atoms with van der Waals surface area (Å²) in [7, 11) is 0. The molecule has 10 nitrogen and oxygen atoms in total. The van der Waals surface area contributed by atoms with Crippen molar-refractivity contribution in [1.82, 2.24) is 9.80 Å². The van der Waals surface area contributed by atoms with Crippen LogP contribution in [0.25, 0.3) is 0 Å². The molecule has 29 heavy (non-hydrogen) atoms. The van der Waals surface area contributed by atoms with Crippen molar-refractivity contribution in [2.24, 2.45) is 0 Å². The zero-order valence-corrected chi connectivity index (χ0v) is 15.7. The van der Waals surface area contributed by atoms with Gasteiger partial charge in [-0.2, -0.15) is 0 Å². The number of esters is 1. The number of ether oxygens (including phenoxy) is 3. The maximum Gasteiger partial charge on any atom is 0.416 e. The first-order valence-corrected chi connectivity index (χ1v) is 9.01. The molecule has 2 saturated heterocycles. The van der Waals surface area contributed by atoms with Crippen LogP contribution in [0.2, 0.25) is 0 Å². The zero-order valence-electron chi connectivity index (χ0n) is 15.7. The monoisotopic (exact) mass is 404 g/mol. The third-order valence-electron chi connectivity index (χ3n) is 4.59. The molecular weight excluding hydrogens is 384 g/mol. The smallest absolute Gasteiger partial charge is 0.416 e. The van der Waals surface area contributed by atoms with Crippen molar-refractivity contribution in [3.8, 4) is 0 Å². The van der Waals surface area contributed by atoms with Crippen molar-refractivity contribution in [1.29, 1.82) is 0 Å². The summed E-state index contributed by atoms with van der Waals surface area (Å²) in [6.45, 7) is 0.975. The third kappa shape index (κ3) is 4.71. The van der Waals surface area contributed by atoms with Gasteiger partial charge in [0.1, 0.15) is 19.8 Å². The summed E-state index contributed by atoms with van der Waals surface area (Å²) in [5, 5.41) is 0. The molecule has 1 aromatic carbocycles. The normalized spacial score (nSPS) is 21.0. The lowest BCUT2D eigenvalue weighted by atomic mass is 10.1. The Morgan fingerprint density at radius 1 is 0.966 bits per heavy atom. The molecule has 0 radical (unpaired) electrons. The lowest BCUT2D eigenvalue weighted by Gasteiger charge is -2.22. The number of carbonyl (C=O) groups excluding carboxylic acids is 5. The van der Waals surface area contributed by atoms with Gasteiger partial charge in [-0.3, -0.25) is 14.4 Å². The molecule has 2 fully saturated rings. The molecule has 2 heterocycles. The first kappa shape index (κ1) is 20.3. The van der Waals surface area contributed by atoms with Crippen molar-refractivity contribution in [2.45, 2.75) is 38.5 Å². The van der Waals surface area contributed by atoms with Gasteiger partial charge < -0.3 is 14.2 Å². The second-order valence-electron chi connectivity index (χ2n) is 6.67. The number of rotatable bonds is 6. The predicted molar refractivity (Wildman–Crippen MR) is 95.1 cm³/mol. The van der Waals surface area contributed by atoms with E-state index in [2.05, 4.69) is 0 Å². The molecule has 2 atom stereocenters. The maximum absolute atomic E-state index is 12.6. The molecule has 10 heteroatoms. The van der Waals surface area contributed by atoms with Crippen LogP contribution in [-0.2, 0) is 35.2 Å². The zero-order chi connectivity index (χ0) is 21.0. The number of carbonyl (C=O) groups is 5. The summed E-state index contributed by atoms with van der Waals surface area (Å²) < 4.78 is 14.9. The van der Waals surface area contributed by atoms with E-state index >= 15 is 0 Å². The lowest BCUT2D eigenvalue weighted by molar-refractivity contribution is -0.146. The van der Waals surface area contributed by atoms with Gasteiger partial charge in [0.2, 0.25) is 11.8 Å². The highest BCUT2D eigenvalue weighted by Gasteiger charge is 2.43. The van der Waals surface area contributed by atoms with E-state index in [4.69, 9.17) is 14.2 Å². The number of nitrogens with zero attached hydrogens (tertiary/aromatic N) is 2. The molecule has 0 aromatic heterocycles. The second-order valence-corrected chi connectivity index (χ2v) is 6.67. The van der Waals surface area contributed by atoms with E-state index in [0.717, 1.165) is 15.4 Å². The number of amides is 4. The second kappa shape index (κ2) is 8.72. The molecule has 0 aliphatic carbocycles. The quantitative estimate of drug-likeness (QED) is 0.513. The van der Waals surface area contributed by atoms with Gasteiger partial charge in [0.25, 0.3) is 0 Å². The summed E-state index contributed by atoms with van der Waals surface area (Å²) in [6.07, 6.45) is -2.24. The van der Waals surface area contributed by atoms with Crippen LogP contribution in [0.4, 0.5) is 9.59 Å². The molecule has 0 saturated carbocycles. The van der Waals surface area contributed by atoms with E-state index in [1.165, 1.54) is 6.92 Å². The Hall–Kier alpha value is -3.43. The molecule has 4 amide bonds. The Bertz CT molecular complexity index is 825. The Kier molecular flexibility index (Phi) is 6.10. The number of hydrogen-bond donors (Lipinski definition) is 0. The Morgan fingerprint density at radius 3 is 2.17 bits per heavy atom. The molecular formula is C19H20N2O8. The fourth-order valence-electron chi connectivity index (χ4n) is 3.20. The fraction of sp³-hybridized carbons (Fsp3) is 0.421. The molecule has 2 aliphatic rings. The lowest BCUT2D eigenvalue weighted by Crippen LogP contribution is -2.45. The highest BCUT2D eigenvalue weighted by atomic mass is 16.6. The van der Waals surface area contributed by atoms with Crippen molar-refractivity contribution < 1.29 is 38.2 Å². The molecule has 154 valence electrons. The minimum atomic E-state index is -0.879. The first-order valence-electron chi connectivity index (χ1n) is 9.01. The minimum Gasteiger partial charge on any atom is -0.461 e. The fourth-order valence-corrected chi connectivity index (χ4v) is 3.20. The average molecular weight is 404 g/mol. The van der Waals surface area contributed by atoms with Gasteiger partial charge in [-0.05, 0) is 5.56 Å². The molecule has 3 rings (SSSR count). The van der Waals surface area contributed by atoms with E-state index < -0.39 is 42.1 Å². The van der Waals surface area contributed by atoms with Gasteiger partial charge in [-0.1, -0.05) is 30.3 Å². The van der Waals surface area contributed by atoms with Crippen LogP contribution >= 0.6 is 0 Å². The van der Waals surface area contributed by atoms with E-state index in [9.17, 15) is 24.0 Å². The van der Waals surface area contributed by atoms with Crippen LogP contribution in [0.15, 0.2) is 30.3 Å². The van der Waals surface area contributed by atoms with Gasteiger partial charge in [0.05, 0.1) is 24.9 Å². The van der Waals surface area contributed by atoms with Crippen molar-refractivity contribution >= 4 is 30.0 Å². The van der Waals surface area contributed by atoms with Crippen molar-refractivity contribution in [2.75, 3.05) is 13.2 Å². The number of hydrogen-bond acceptors (Lipinski definition) is 8. The molecule has 0 unspecified atom stereocenters. The summed E-state index contributed by atoms with van der Waals surface area (Å²) in [4.78, 5) is 61.6. The van der Waals surface area contributed by atoms with Crippen LogP contribution in [-0.4, -0.2) is 65.1 Å². The topological polar surface area (TPSA) is 120 Å². The van der Waals surface area contributed by atoms with Crippen LogP contribution in [0.5, 0.6) is 0 Å². The Balaban J connectivity index is 1.58. The predicted octanol–water partition coefficient (Wildman–Crippen LogP) is 1.22. The van der Waals surface area contributed by atoms with Gasteiger partial charge in [0.15, 0.2) is 0 Å². The Morgan fingerprint density at radius 2 is 1.55 bits per heavy atom. The van der Waals surface area contributed by atoms with E-state index in [0.29, 0.717) is 0 Å². The maximum atomic E-state index is 12.6. The van der Waals surface area contributed by atoms with Crippen LogP contribution < -0.4 is 0 Å². The Labute approximate surface area is 166 Å². The molecule has 1 aromatic rings. The average Bonchev–Trinajstić information content (AvgIpc) is 3.23. The SMILES string of the molecule is CC(=O)N1C(=O)OC[C@@H]1CC(=O)N1C(=O)OC[C@@H]1CC(=O)OCc1ccccc1. The van der Waals surface area contributed by atoms with Crippen LogP contribution in [0, 0.1) is 0 Å². The van der Waals surface area contributed by atoms with Crippen molar-refractivity contribution in [3.63, 3.8) is 0 Å². The molecule has 0 spiro atoms. The summed E-state index contributed by atoms with van der Waals surface area (Å²) in [5.41, 5.74) is 0.808. The summed E-state index contributed by atoms with van der Waals surface area (Å²) in [5.74, 6) is -1.81. The number of benzene rings is 1. The van der Waals surface area contributed by atoms with Gasteiger partial charge in [-0.15, -0.1) is 0 Å². The molecule has 0 bridgehead atoms. The number of cyclic esters (lactones) is 2. The van der Waals surface area contributed by atoms with Crippen LogP contribution in [0.1, 0.15) is 25.3 Å². The summed E-state index contributed by atoms with van der Waals surface area (Å²) >= 11 is 0. The van der Waals surface area contributed by atoms with Gasteiger partial charge in [-0.25, -0.2) is 19.4 Å². The van der Waals surface area contributed by atoms with Gasteiger partial charge >= 0.3 is 18.2 Å². The third-order valence-corrected chi connectivity index (χ3v) is 4.59. The van der Waals surface area contributed by atoms with E-state index in [1.54, 1.807) is 12.1 Å². The van der Waals surface area contributed by atoms with Gasteiger partial charge in [0, 0.05) is 6.92 Å². The largest absolute Gasteiger partial charge is 0.461 e. The molecule has 2 aliphatic heterocycles. The highest BCUT2D eigenvalue weighted by molar-refractivity contribution is 5.96. The standard InChI is InChI=1S/C19H20N2O8/c1-12(22)20-14(10-28-18(20)25)7-16(23)21-15(11-29-19(21)26)8-17(24)27-9-13-5-3-2-4-6-13/h2-6,14-15H,7-11H2,1H3/t14-,15-/m0/s1. The minimum absolute atomic E-state index is 0.0737. The van der Waals surface area contributed by atoms with E-state index in [1.807, 2.05) is 18.2 Å².